The van der Waals surface area contributed by atoms with E-state index < -0.39 is 5.82 Å². The normalized spacial score (nSPS) is 9.46. The van der Waals surface area contributed by atoms with Gasteiger partial charge in [-0.1, -0.05) is 0 Å². The Morgan fingerprint density at radius 3 is 2.77 bits per heavy atom. The number of methoxy groups -OCH3 is 1. The number of hydrogen-bond donors (Lipinski definition) is 1. The van der Waals surface area contributed by atoms with Crippen LogP contribution in [0.5, 0.6) is 5.75 Å². The van der Waals surface area contributed by atoms with Crippen molar-refractivity contribution in [3.05, 3.63) is 29.6 Å². The van der Waals surface area contributed by atoms with E-state index in [1.165, 1.54) is 32.4 Å². The van der Waals surface area contributed by atoms with Crippen LogP contribution in [0.25, 0.3) is 0 Å². The monoisotopic (exact) mass is 183 g/mol. The lowest BCUT2D eigenvalue weighted by Crippen LogP contribution is -2.18. The van der Waals surface area contributed by atoms with Gasteiger partial charge in [0.2, 0.25) is 0 Å². The summed E-state index contributed by atoms with van der Waals surface area (Å²) in [6, 6.07) is 3.77. The maximum Gasteiger partial charge on any atom is 0.254 e. The van der Waals surface area contributed by atoms with Gasteiger partial charge in [-0.15, -0.1) is 0 Å². The molecule has 13 heavy (non-hydrogen) atoms. The first-order valence-electron chi connectivity index (χ1n) is 3.74. The summed E-state index contributed by atoms with van der Waals surface area (Å²) in [5, 5.41) is 2.43. The van der Waals surface area contributed by atoms with Crippen LogP contribution in [-0.4, -0.2) is 20.1 Å². The maximum absolute atomic E-state index is 12.7. The molecule has 0 spiro atoms. The zero-order valence-corrected chi connectivity index (χ0v) is 7.43. The van der Waals surface area contributed by atoms with E-state index in [2.05, 4.69) is 5.32 Å². The number of carbonyl (C=O) groups excluding carboxylic acids is 1. The molecule has 1 aromatic rings. The number of amides is 1. The molecule has 0 saturated carbocycles. The lowest BCUT2D eigenvalue weighted by molar-refractivity contribution is 0.0960. The fraction of sp³-hybridized carbons (Fsp3) is 0.222. The molecule has 0 aliphatic carbocycles. The van der Waals surface area contributed by atoms with Crippen molar-refractivity contribution in [1.29, 1.82) is 0 Å². The van der Waals surface area contributed by atoms with Crippen molar-refractivity contribution in [2.24, 2.45) is 0 Å². The van der Waals surface area contributed by atoms with Crippen LogP contribution in [0.15, 0.2) is 18.2 Å². The van der Waals surface area contributed by atoms with E-state index in [-0.39, 0.29) is 11.7 Å². The van der Waals surface area contributed by atoms with Gasteiger partial charge in [-0.25, -0.2) is 4.39 Å². The molecular weight excluding hydrogens is 173 g/mol. The molecule has 0 unspecified atom stereocenters. The third-order valence-corrected chi connectivity index (χ3v) is 1.64. The average molecular weight is 183 g/mol. The molecule has 0 heterocycles. The number of rotatable bonds is 2. The molecule has 0 atom stereocenters. The van der Waals surface area contributed by atoms with Crippen molar-refractivity contribution in [2.45, 2.75) is 0 Å². The van der Waals surface area contributed by atoms with Gasteiger partial charge in [0, 0.05) is 13.1 Å². The molecule has 1 aromatic carbocycles. The topological polar surface area (TPSA) is 38.3 Å². The molecule has 3 nitrogen and oxygen atoms in total. The van der Waals surface area contributed by atoms with Crippen LogP contribution in [-0.2, 0) is 0 Å². The van der Waals surface area contributed by atoms with Crippen LogP contribution in [0, 0.1) is 5.82 Å². The largest absolute Gasteiger partial charge is 0.496 e. The van der Waals surface area contributed by atoms with Gasteiger partial charge in [0.05, 0.1) is 12.7 Å². The Balaban J connectivity index is 3.13. The first-order valence-corrected chi connectivity index (χ1v) is 3.74. The van der Waals surface area contributed by atoms with Crippen LogP contribution in [0.4, 0.5) is 4.39 Å². The number of benzene rings is 1. The van der Waals surface area contributed by atoms with Crippen LogP contribution < -0.4 is 10.1 Å². The SMILES string of the molecule is CNC(=O)c1ccc(F)cc1OC. The van der Waals surface area contributed by atoms with E-state index in [1.807, 2.05) is 0 Å². The molecule has 0 aromatic heterocycles. The highest BCUT2D eigenvalue weighted by atomic mass is 19.1. The Kier molecular flexibility index (Phi) is 2.84. The predicted octanol–water partition coefficient (Wildman–Crippen LogP) is 1.19. The number of ether oxygens (including phenoxy) is 1. The molecular formula is C9H10FNO2. The second-order valence-electron chi connectivity index (χ2n) is 2.42. The van der Waals surface area contributed by atoms with E-state index >= 15 is 0 Å². The van der Waals surface area contributed by atoms with Crippen molar-refractivity contribution in [3.63, 3.8) is 0 Å². The highest BCUT2D eigenvalue weighted by Gasteiger charge is 2.10. The third-order valence-electron chi connectivity index (χ3n) is 1.64. The van der Waals surface area contributed by atoms with E-state index in [0.717, 1.165) is 0 Å². The molecule has 1 rings (SSSR count). The lowest BCUT2D eigenvalue weighted by Gasteiger charge is -2.06. The second kappa shape index (κ2) is 3.89. The Bertz CT molecular complexity index is 325. The highest BCUT2D eigenvalue weighted by molar-refractivity contribution is 5.96. The number of halogens is 1. The Morgan fingerprint density at radius 1 is 1.54 bits per heavy atom. The smallest absolute Gasteiger partial charge is 0.254 e. The van der Waals surface area contributed by atoms with E-state index in [0.29, 0.717) is 5.56 Å². The van der Waals surface area contributed by atoms with E-state index in [4.69, 9.17) is 4.74 Å². The van der Waals surface area contributed by atoms with Crippen molar-refractivity contribution in [3.8, 4) is 5.75 Å². The quantitative estimate of drug-likeness (QED) is 0.748. The molecule has 70 valence electrons. The van der Waals surface area contributed by atoms with Crippen LogP contribution in [0.2, 0.25) is 0 Å². The molecule has 0 saturated heterocycles. The summed E-state index contributed by atoms with van der Waals surface area (Å²) in [4.78, 5) is 11.2. The fourth-order valence-corrected chi connectivity index (χ4v) is 0.987. The van der Waals surface area contributed by atoms with Crippen molar-refractivity contribution >= 4 is 5.91 Å². The van der Waals surface area contributed by atoms with Crippen molar-refractivity contribution < 1.29 is 13.9 Å². The summed E-state index contributed by atoms with van der Waals surface area (Å²) in [5.41, 5.74) is 0.325. The minimum atomic E-state index is -0.426. The number of hydrogen-bond acceptors (Lipinski definition) is 2. The van der Waals surface area contributed by atoms with Gasteiger partial charge in [0.25, 0.3) is 5.91 Å². The zero-order chi connectivity index (χ0) is 9.84. The standard InChI is InChI=1S/C9H10FNO2/c1-11-9(12)7-4-3-6(10)5-8(7)13-2/h3-5H,1-2H3,(H,11,12). The van der Waals surface area contributed by atoms with Gasteiger partial charge in [0.15, 0.2) is 0 Å². The minimum absolute atomic E-state index is 0.236. The summed E-state index contributed by atoms with van der Waals surface area (Å²) < 4.78 is 17.5. The van der Waals surface area contributed by atoms with Crippen molar-refractivity contribution in [1.82, 2.24) is 5.32 Å². The molecule has 1 N–H and O–H groups in total. The van der Waals surface area contributed by atoms with Crippen molar-refractivity contribution in [2.75, 3.05) is 14.2 Å². The minimum Gasteiger partial charge on any atom is -0.496 e. The lowest BCUT2D eigenvalue weighted by atomic mass is 10.2. The first kappa shape index (κ1) is 9.51. The second-order valence-corrected chi connectivity index (χ2v) is 2.42. The van der Waals surface area contributed by atoms with Gasteiger partial charge < -0.3 is 10.1 Å². The molecule has 1 amide bonds. The maximum atomic E-state index is 12.7. The summed E-state index contributed by atoms with van der Waals surface area (Å²) in [6.45, 7) is 0. The molecule has 0 aliphatic rings. The Labute approximate surface area is 75.5 Å². The summed E-state index contributed by atoms with van der Waals surface area (Å²) in [6.07, 6.45) is 0. The fourth-order valence-electron chi connectivity index (χ4n) is 0.987. The van der Waals surface area contributed by atoms with E-state index in [1.54, 1.807) is 0 Å². The first-order chi connectivity index (χ1) is 6.19. The van der Waals surface area contributed by atoms with Gasteiger partial charge in [-0.05, 0) is 12.1 Å². The highest BCUT2D eigenvalue weighted by Crippen LogP contribution is 2.18. The molecule has 0 fully saturated rings. The van der Waals surface area contributed by atoms with Crippen LogP contribution in [0.3, 0.4) is 0 Å². The molecule has 0 radical (unpaired) electrons. The summed E-state index contributed by atoms with van der Waals surface area (Å²) in [5.74, 6) is -0.485. The average Bonchev–Trinajstić information content (AvgIpc) is 2.16. The van der Waals surface area contributed by atoms with Gasteiger partial charge in [-0.3, -0.25) is 4.79 Å². The zero-order valence-electron chi connectivity index (χ0n) is 7.43. The molecule has 4 heteroatoms. The van der Waals surface area contributed by atoms with Crippen LogP contribution in [0.1, 0.15) is 10.4 Å². The van der Waals surface area contributed by atoms with Gasteiger partial charge >= 0.3 is 0 Å². The summed E-state index contributed by atoms with van der Waals surface area (Å²) in [7, 11) is 2.90. The number of carbonyl (C=O) groups is 1. The third kappa shape index (κ3) is 1.96. The molecule has 0 aliphatic heterocycles. The predicted molar refractivity (Wildman–Crippen MR) is 46.3 cm³/mol. The van der Waals surface area contributed by atoms with E-state index in [9.17, 15) is 9.18 Å². The number of nitrogens with one attached hydrogen (secondary N) is 1. The van der Waals surface area contributed by atoms with Gasteiger partial charge in [-0.2, -0.15) is 0 Å². The molecule has 0 bridgehead atoms. The van der Waals surface area contributed by atoms with Crippen LogP contribution >= 0.6 is 0 Å². The van der Waals surface area contributed by atoms with Gasteiger partial charge in [0.1, 0.15) is 11.6 Å². The summed E-state index contributed by atoms with van der Waals surface area (Å²) >= 11 is 0. The Morgan fingerprint density at radius 2 is 2.23 bits per heavy atom. The Hall–Kier alpha value is -1.58.